The molecule has 0 radical (unpaired) electrons. The van der Waals surface area contributed by atoms with Gasteiger partial charge in [0.2, 0.25) is 0 Å². The van der Waals surface area contributed by atoms with Gasteiger partial charge in [-0.25, -0.2) is 0 Å². The fourth-order valence-electron chi connectivity index (χ4n) is 2.42. The molecule has 0 heterocycles. The van der Waals surface area contributed by atoms with Crippen molar-refractivity contribution < 1.29 is 9.47 Å². The summed E-state index contributed by atoms with van der Waals surface area (Å²) in [6.45, 7) is 2.50. The highest BCUT2D eigenvalue weighted by atomic mass is 16.5. The summed E-state index contributed by atoms with van der Waals surface area (Å²) in [6.07, 6.45) is 1.92. The molecule has 130 valence electrons. The number of benzene rings is 2. The van der Waals surface area contributed by atoms with Crippen molar-refractivity contribution in [3.63, 3.8) is 0 Å². The number of ether oxygens (including phenoxy) is 2. The van der Waals surface area contributed by atoms with Crippen molar-refractivity contribution in [2.45, 2.75) is 24.9 Å². The van der Waals surface area contributed by atoms with Gasteiger partial charge in [0.1, 0.15) is 0 Å². The normalized spacial score (nSPS) is 13.6. The molecule has 24 heavy (non-hydrogen) atoms. The first-order valence-corrected chi connectivity index (χ1v) is 8.54. The minimum absolute atomic E-state index is 0.0636. The predicted octanol–water partition coefficient (Wildman–Crippen LogP) is 3.20. The minimum atomic E-state index is -0.0636. The lowest BCUT2D eigenvalue weighted by Gasteiger charge is -2.13. The average molecular weight is 328 g/mol. The van der Waals surface area contributed by atoms with Gasteiger partial charge in [0.05, 0.1) is 25.3 Å². The van der Waals surface area contributed by atoms with Crippen LogP contribution >= 0.6 is 0 Å². The number of hydrogen-bond donors (Lipinski definition) is 2. The van der Waals surface area contributed by atoms with Crippen LogP contribution in [-0.2, 0) is 9.47 Å². The van der Waals surface area contributed by atoms with E-state index in [0.717, 1.165) is 24.0 Å². The average Bonchev–Trinajstić information content (AvgIpc) is 2.65. The summed E-state index contributed by atoms with van der Waals surface area (Å²) in [5.41, 5.74) is 14.4. The third kappa shape index (κ3) is 6.81. The van der Waals surface area contributed by atoms with Crippen molar-refractivity contribution in [3.8, 4) is 0 Å². The highest BCUT2D eigenvalue weighted by Crippen LogP contribution is 2.11. The Kier molecular flexibility index (Phi) is 8.49. The first-order chi connectivity index (χ1) is 11.8. The summed E-state index contributed by atoms with van der Waals surface area (Å²) in [6, 6.07) is 19.9. The molecule has 0 saturated heterocycles. The van der Waals surface area contributed by atoms with Crippen molar-refractivity contribution in [2.75, 3.05) is 26.4 Å². The van der Waals surface area contributed by atoms with Crippen LogP contribution in [-0.4, -0.2) is 26.4 Å². The Morgan fingerprint density at radius 2 is 1.00 bits per heavy atom. The largest absolute Gasteiger partial charge is 0.379 e. The molecule has 2 aromatic carbocycles. The summed E-state index contributed by atoms with van der Waals surface area (Å²) in [5, 5.41) is 0. The lowest BCUT2D eigenvalue weighted by Crippen LogP contribution is -2.18. The predicted molar refractivity (Wildman–Crippen MR) is 97.6 cm³/mol. The maximum Gasteiger partial charge on any atom is 0.0659 e. The topological polar surface area (TPSA) is 70.5 Å². The summed E-state index contributed by atoms with van der Waals surface area (Å²) < 4.78 is 11.3. The molecule has 0 aliphatic heterocycles. The highest BCUT2D eigenvalue weighted by Gasteiger charge is 2.06. The Morgan fingerprint density at radius 1 is 0.625 bits per heavy atom. The molecular formula is C20H28N2O2. The van der Waals surface area contributed by atoms with Crippen molar-refractivity contribution in [3.05, 3.63) is 71.8 Å². The minimum Gasteiger partial charge on any atom is -0.379 e. The van der Waals surface area contributed by atoms with Gasteiger partial charge in [-0.15, -0.1) is 0 Å². The number of nitrogens with two attached hydrogens (primary N) is 2. The fraction of sp³-hybridized carbons (Fsp3) is 0.400. The van der Waals surface area contributed by atoms with Gasteiger partial charge in [0, 0.05) is 13.2 Å². The fourth-order valence-corrected chi connectivity index (χ4v) is 2.42. The van der Waals surface area contributed by atoms with E-state index in [4.69, 9.17) is 20.9 Å². The second-order valence-corrected chi connectivity index (χ2v) is 5.89. The first-order valence-electron chi connectivity index (χ1n) is 8.54. The molecule has 0 aliphatic rings. The Balaban J connectivity index is 1.47. The van der Waals surface area contributed by atoms with Crippen molar-refractivity contribution in [1.82, 2.24) is 0 Å². The highest BCUT2D eigenvalue weighted by molar-refractivity contribution is 5.19. The molecule has 4 heteroatoms. The monoisotopic (exact) mass is 328 g/mol. The Morgan fingerprint density at radius 3 is 1.38 bits per heavy atom. The van der Waals surface area contributed by atoms with Crippen LogP contribution in [0.2, 0.25) is 0 Å². The molecular weight excluding hydrogens is 300 g/mol. The zero-order valence-electron chi connectivity index (χ0n) is 14.1. The Bertz CT molecular complexity index is 497. The van der Waals surface area contributed by atoms with Gasteiger partial charge in [0.25, 0.3) is 0 Å². The molecule has 0 aliphatic carbocycles. The van der Waals surface area contributed by atoms with E-state index in [9.17, 15) is 0 Å². The van der Waals surface area contributed by atoms with Gasteiger partial charge < -0.3 is 20.9 Å². The quantitative estimate of drug-likeness (QED) is 0.621. The van der Waals surface area contributed by atoms with E-state index in [1.54, 1.807) is 0 Å². The molecule has 0 aromatic heterocycles. The first kappa shape index (κ1) is 18.6. The van der Waals surface area contributed by atoms with Gasteiger partial charge in [-0.05, 0) is 24.0 Å². The van der Waals surface area contributed by atoms with Crippen LogP contribution in [0.25, 0.3) is 0 Å². The second-order valence-electron chi connectivity index (χ2n) is 5.89. The zero-order chi connectivity index (χ0) is 17.0. The summed E-state index contributed by atoms with van der Waals surface area (Å²) in [4.78, 5) is 0. The standard InChI is InChI=1S/C20H28N2O2/c21-19(17-9-3-1-4-10-17)15-23-13-7-8-14-24-16-20(22)18-11-5-2-6-12-18/h1-6,9-12,19-20H,7-8,13-16,21-22H2. The molecule has 2 rings (SSSR count). The van der Waals surface area contributed by atoms with E-state index in [-0.39, 0.29) is 12.1 Å². The summed E-state index contributed by atoms with van der Waals surface area (Å²) in [7, 11) is 0. The van der Waals surface area contributed by atoms with E-state index in [1.807, 2.05) is 60.7 Å². The molecule has 0 bridgehead atoms. The molecule has 4 nitrogen and oxygen atoms in total. The lowest BCUT2D eigenvalue weighted by molar-refractivity contribution is 0.0914. The molecule has 0 fully saturated rings. The molecule has 2 unspecified atom stereocenters. The van der Waals surface area contributed by atoms with E-state index in [0.29, 0.717) is 26.4 Å². The van der Waals surface area contributed by atoms with Crippen molar-refractivity contribution >= 4 is 0 Å². The molecule has 4 N–H and O–H groups in total. The van der Waals surface area contributed by atoms with E-state index < -0.39 is 0 Å². The SMILES string of the molecule is NC(COCCCCOCC(N)c1ccccc1)c1ccccc1. The van der Waals surface area contributed by atoms with Gasteiger partial charge >= 0.3 is 0 Å². The molecule has 2 aromatic rings. The van der Waals surface area contributed by atoms with Crippen LogP contribution in [0.1, 0.15) is 36.1 Å². The van der Waals surface area contributed by atoms with Gasteiger partial charge in [0.15, 0.2) is 0 Å². The summed E-state index contributed by atoms with van der Waals surface area (Å²) in [5.74, 6) is 0. The third-order valence-corrected chi connectivity index (χ3v) is 3.88. The summed E-state index contributed by atoms with van der Waals surface area (Å²) >= 11 is 0. The van der Waals surface area contributed by atoms with Crippen LogP contribution < -0.4 is 11.5 Å². The van der Waals surface area contributed by atoms with Crippen LogP contribution in [0.15, 0.2) is 60.7 Å². The van der Waals surface area contributed by atoms with Crippen LogP contribution in [0.4, 0.5) is 0 Å². The third-order valence-electron chi connectivity index (χ3n) is 3.88. The Labute approximate surface area is 144 Å². The van der Waals surface area contributed by atoms with E-state index in [1.165, 1.54) is 0 Å². The number of unbranched alkanes of at least 4 members (excludes halogenated alkanes) is 1. The van der Waals surface area contributed by atoms with Crippen LogP contribution in [0, 0.1) is 0 Å². The Hall–Kier alpha value is -1.72. The smallest absolute Gasteiger partial charge is 0.0659 e. The van der Waals surface area contributed by atoms with Gasteiger partial charge in [-0.2, -0.15) is 0 Å². The van der Waals surface area contributed by atoms with Gasteiger partial charge in [-0.1, -0.05) is 60.7 Å². The van der Waals surface area contributed by atoms with E-state index in [2.05, 4.69) is 0 Å². The number of rotatable bonds is 11. The van der Waals surface area contributed by atoms with E-state index >= 15 is 0 Å². The lowest BCUT2D eigenvalue weighted by atomic mass is 10.1. The molecule has 0 saturated carbocycles. The zero-order valence-corrected chi connectivity index (χ0v) is 14.1. The maximum atomic E-state index is 6.08. The van der Waals surface area contributed by atoms with Crippen LogP contribution in [0.5, 0.6) is 0 Å². The molecule has 2 atom stereocenters. The second kappa shape index (κ2) is 10.9. The van der Waals surface area contributed by atoms with Crippen LogP contribution in [0.3, 0.4) is 0 Å². The van der Waals surface area contributed by atoms with Crippen molar-refractivity contribution in [2.24, 2.45) is 11.5 Å². The maximum absolute atomic E-state index is 6.08. The molecule has 0 spiro atoms. The molecule has 0 amide bonds. The van der Waals surface area contributed by atoms with Gasteiger partial charge in [-0.3, -0.25) is 0 Å². The number of hydrogen-bond acceptors (Lipinski definition) is 4. The van der Waals surface area contributed by atoms with Crippen molar-refractivity contribution in [1.29, 1.82) is 0 Å².